The molecule has 8 nitrogen and oxygen atoms in total. The molecule has 1 aliphatic carbocycles. The van der Waals surface area contributed by atoms with Crippen LogP contribution in [0.2, 0.25) is 0 Å². The Morgan fingerprint density at radius 3 is 2.63 bits per heavy atom. The van der Waals surface area contributed by atoms with Gasteiger partial charge in [0.15, 0.2) is 5.65 Å². The van der Waals surface area contributed by atoms with Crippen molar-refractivity contribution in [1.29, 1.82) is 0 Å². The van der Waals surface area contributed by atoms with E-state index in [1.165, 1.54) is 0 Å². The lowest BCUT2D eigenvalue weighted by Gasteiger charge is -2.16. The number of pyridine rings is 1. The second kappa shape index (κ2) is 6.39. The first kappa shape index (κ1) is 17.5. The molecule has 0 unspecified atom stereocenters. The molecule has 140 valence electrons. The molecule has 1 aromatic carbocycles. The first-order valence-electron chi connectivity index (χ1n) is 8.67. The number of rotatable bonds is 5. The average Bonchev–Trinajstić information content (AvgIpc) is 3.39. The van der Waals surface area contributed by atoms with Crippen molar-refractivity contribution in [3.63, 3.8) is 0 Å². The summed E-state index contributed by atoms with van der Waals surface area (Å²) in [7, 11) is -2.53. The van der Waals surface area contributed by atoms with E-state index in [0.717, 1.165) is 12.8 Å². The highest BCUT2D eigenvalue weighted by Gasteiger charge is 2.30. The van der Waals surface area contributed by atoms with Crippen molar-refractivity contribution in [2.45, 2.75) is 12.8 Å². The predicted molar refractivity (Wildman–Crippen MR) is 107 cm³/mol. The summed E-state index contributed by atoms with van der Waals surface area (Å²) in [6.07, 6.45) is 1.77. The lowest BCUT2D eigenvalue weighted by molar-refractivity contribution is -0.117. The lowest BCUT2D eigenvalue weighted by atomic mass is 10.2. The maximum absolute atomic E-state index is 12.6. The predicted octanol–water partition coefficient (Wildman–Crippen LogP) is 2.59. The molecule has 0 spiro atoms. The highest BCUT2D eigenvalue weighted by atomic mass is 31.2. The monoisotopic (exact) mass is 385 g/mol. The fraction of sp³-hybridized carbons (Fsp3) is 0.278. The van der Waals surface area contributed by atoms with Gasteiger partial charge in [0.2, 0.25) is 5.91 Å². The molecule has 0 atom stereocenters. The van der Waals surface area contributed by atoms with Gasteiger partial charge in [-0.05, 0) is 38.3 Å². The quantitative estimate of drug-likeness (QED) is 0.503. The fourth-order valence-corrected chi connectivity index (χ4v) is 4.13. The number of hydrogen-bond acceptors (Lipinski definition) is 5. The molecule has 0 radical (unpaired) electrons. The summed E-state index contributed by atoms with van der Waals surface area (Å²) in [6, 6.07) is 8.89. The molecular weight excluding hydrogens is 365 g/mol. The number of para-hydroxylation sites is 1. The Morgan fingerprint density at radius 2 is 1.93 bits per heavy atom. The Morgan fingerprint density at radius 1 is 1.19 bits per heavy atom. The van der Waals surface area contributed by atoms with Gasteiger partial charge in [0.05, 0.1) is 5.69 Å². The molecule has 4 rings (SSSR count). The number of hydrogen-bond donors (Lipinski definition) is 4. The van der Waals surface area contributed by atoms with E-state index in [2.05, 4.69) is 25.8 Å². The van der Waals surface area contributed by atoms with Crippen molar-refractivity contribution in [3.8, 4) is 0 Å². The third kappa shape index (κ3) is 3.53. The number of amides is 1. The second-order valence-corrected chi connectivity index (χ2v) is 10.3. The number of carbonyl (C=O) groups excluding carboxylic acids is 1. The molecule has 1 amide bonds. The van der Waals surface area contributed by atoms with Gasteiger partial charge in [0.1, 0.15) is 18.3 Å². The first-order valence-corrected chi connectivity index (χ1v) is 11.3. The molecule has 1 aliphatic rings. The van der Waals surface area contributed by atoms with E-state index >= 15 is 0 Å². The van der Waals surface area contributed by atoms with Crippen LogP contribution in [0.1, 0.15) is 12.8 Å². The summed E-state index contributed by atoms with van der Waals surface area (Å²) in [5, 5.41) is 12.3. The number of nitrogens with one attached hydrogen (secondary N) is 4. The Kier molecular flexibility index (Phi) is 4.15. The Balaban J connectivity index is 1.79. The standard InChI is InChI=1S/C18H20N5O3P/c1-27(2,26)13-6-4-3-5-11(13)19-12-9-14(21-17(24)10-7-8-10)20-16-15(12)18(25)23-22-16/h3-6,9-10H,7-8H2,1-2H3,(H4,19,20,21,22,23,24,25). The number of nitrogens with zero attached hydrogens (tertiary/aromatic N) is 1. The third-order valence-electron chi connectivity index (χ3n) is 4.49. The van der Waals surface area contributed by atoms with Gasteiger partial charge in [0.25, 0.3) is 5.56 Å². The van der Waals surface area contributed by atoms with Gasteiger partial charge in [-0.1, -0.05) is 12.1 Å². The second-order valence-electron chi connectivity index (χ2n) is 7.11. The summed E-state index contributed by atoms with van der Waals surface area (Å²) in [4.78, 5) is 28.6. The molecule has 2 heterocycles. The van der Waals surface area contributed by atoms with Crippen LogP contribution in [-0.4, -0.2) is 34.4 Å². The zero-order chi connectivity index (χ0) is 19.2. The van der Waals surface area contributed by atoms with Gasteiger partial charge in [-0.2, -0.15) is 0 Å². The van der Waals surface area contributed by atoms with Gasteiger partial charge < -0.3 is 15.2 Å². The summed E-state index contributed by atoms with van der Waals surface area (Å²) < 4.78 is 12.6. The number of fused-ring (bicyclic) bond motifs is 1. The van der Waals surface area contributed by atoms with Crippen LogP contribution in [0.25, 0.3) is 11.0 Å². The number of H-pyrrole nitrogens is 2. The molecule has 4 N–H and O–H groups in total. The molecule has 3 aromatic rings. The van der Waals surface area contributed by atoms with Gasteiger partial charge in [-0.25, -0.2) is 4.98 Å². The largest absolute Gasteiger partial charge is 0.354 e. The fourth-order valence-electron chi connectivity index (χ4n) is 2.97. The highest BCUT2D eigenvalue weighted by molar-refractivity contribution is 7.70. The zero-order valence-corrected chi connectivity index (χ0v) is 15.9. The van der Waals surface area contributed by atoms with E-state index in [4.69, 9.17) is 0 Å². The van der Waals surface area contributed by atoms with Crippen LogP contribution in [0.4, 0.5) is 17.2 Å². The van der Waals surface area contributed by atoms with Crippen molar-refractivity contribution in [3.05, 3.63) is 40.7 Å². The minimum Gasteiger partial charge on any atom is -0.354 e. The molecule has 0 saturated heterocycles. The Hall–Kier alpha value is -2.86. The maximum Gasteiger partial charge on any atom is 0.275 e. The zero-order valence-electron chi connectivity index (χ0n) is 15.0. The van der Waals surface area contributed by atoms with E-state index in [1.54, 1.807) is 25.5 Å². The third-order valence-corrected chi connectivity index (χ3v) is 6.04. The van der Waals surface area contributed by atoms with Gasteiger partial charge in [-0.15, -0.1) is 0 Å². The van der Waals surface area contributed by atoms with Gasteiger partial charge in [-0.3, -0.25) is 19.8 Å². The van der Waals surface area contributed by atoms with Crippen LogP contribution < -0.4 is 21.5 Å². The lowest BCUT2D eigenvalue weighted by Crippen LogP contribution is -2.15. The molecule has 9 heteroatoms. The number of anilines is 3. The summed E-state index contributed by atoms with van der Waals surface area (Å²) >= 11 is 0. The molecule has 0 bridgehead atoms. The van der Waals surface area contributed by atoms with Crippen molar-refractivity contribution >= 4 is 46.6 Å². The minimum absolute atomic E-state index is 0.0379. The van der Waals surface area contributed by atoms with E-state index in [9.17, 15) is 14.2 Å². The van der Waals surface area contributed by atoms with Crippen LogP contribution >= 0.6 is 7.14 Å². The number of benzene rings is 1. The minimum atomic E-state index is -2.53. The molecule has 0 aliphatic heterocycles. The Bertz CT molecular complexity index is 1140. The number of aromatic amines is 2. The number of aromatic nitrogens is 3. The van der Waals surface area contributed by atoms with E-state index in [0.29, 0.717) is 33.5 Å². The SMILES string of the molecule is CP(C)(=O)c1ccccc1Nc1cc(NC(=O)C2CC2)nc2[nH][nH]c(=O)c12. The molecule has 2 aromatic heterocycles. The number of carbonyl (C=O) groups is 1. The van der Waals surface area contributed by atoms with Crippen LogP contribution in [0.5, 0.6) is 0 Å². The summed E-state index contributed by atoms with van der Waals surface area (Å²) in [6.45, 7) is 3.39. The van der Waals surface area contributed by atoms with Crippen LogP contribution in [0, 0.1) is 5.92 Å². The topological polar surface area (TPSA) is 120 Å². The summed E-state index contributed by atoms with van der Waals surface area (Å²) in [5.41, 5.74) is 1.14. The van der Waals surface area contributed by atoms with Crippen LogP contribution in [-0.2, 0) is 9.36 Å². The van der Waals surface area contributed by atoms with Crippen LogP contribution in [0.3, 0.4) is 0 Å². The van der Waals surface area contributed by atoms with E-state index in [1.807, 2.05) is 18.2 Å². The highest BCUT2D eigenvalue weighted by Crippen LogP contribution is 2.39. The van der Waals surface area contributed by atoms with Gasteiger partial charge >= 0.3 is 0 Å². The van der Waals surface area contributed by atoms with E-state index < -0.39 is 7.14 Å². The normalized spacial score (nSPS) is 14.3. The summed E-state index contributed by atoms with van der Waals surface area (Å²) in [5.74, 6) is 0.319. The van der Waals surface area contributed by atoms with Crippen LogP contribution in [0.15, 0.2) is 35.1 Å². The average molecular weight is 385 g/mol. The van der Waals surface area contributed by atoms with Crippen molar-refractivity contribution in [2.75, 3.05) is 24.0 Å². The molecule has 1 fully saturated rings. The van der Waals surface area contributed by atoms with E-state index in [-0.39, 0.29) is 17.4 Å². The van der Waals surface area contributed by atoms with Crippen molar-refractivity contribution in [2.24, 2.45) is 5.92 Å². The van der Waals surface area contributed by atoms with Crippen molar-refractivity contribution < 1.29 is 9.36 Å². The first-order chi connectivity index (χ1) is 12.8. The maximum atomic E-state index is 12.6. The Labute approximate surface area is 155 Å². The smallest absolute Gasteiger partial charge is 0.275 e. The molecule has 27 heavy (non-hydrogen) atoms. The van der Waals surface area contributed by atoms with Crippen molar-refractivity contribution in [1.82, 2.24) is 15.2 Å². The molecule has 1 saturated carbocycles. The van der Waals surface area contributed by atoms with Gasteiger partial charge in [0, 0.05) is 23.0 Å². The molecular formula is C18H20N5O3P.